The van der Waals surface area contributed by atoms with Gasteiger partial charge in [0, 0.05) is 18.8 Å². The molecule has 2 atom stereocenters. The number of nitrogens with zero attached hydrogens (tertiary/aromatic N) is 1. The Hall–Kier alpha value is -2.24. The summed E-state index contributed by atoms with van der Waals surface area (Å²) >= 11 is 0. The Morgan fingerprint density at radius 2 is 1.95 bits per heavy atom. The number of nitrogens with one attached hydrogen (secondary N) is 1. The summed E-state index contributed by atoms with van der Waals surface area (Å²) in [5.41, 5.74) is 0.721. The minimum absolute atomic E-state index is 0.293. The summed E-state index contributed by atoms with van der Waals surface area (Å²) in [6.07, 6.45) is 2.15. The summed E-state index contributed by atoms with van der Waals surface area (Å²) in [5, 5.41) is 11.9. The quantitative estimate of drug-likeness (QED) is 0.890. The molecule has 1 aliphatic rings. The number of methoxy groups -OCH3 is 1. The third-order valence-electron chi connectivity index (χ3n) is 3.91. The summed E-state index contributed by atoms with van der Waals surface area (Å²) in [6.45, 7) is 0. The molecule has 1 fully saturated rings. The molecule has 0 heterocycles. The fourth-order valence-electron chi connectivity index (χ4n) is 2.61. The summed E-state index contributed by atoms with van der Waals surface area (Å²) in [7, 11) is 3.24. The molecule has 2 rings (SSSR count). The van der Waals surface area contributed by atoms with Gasteiger partial charge in [-0.1, -0.05) is 6.42 Å². The second kappa shape index (κ2) is 6.47. The van der Waals surface area contributed by atoms with Crippen LogP contribution in [0.5, 0.6) is 5.75 Å². The summed E-state index contributed by atoms with van der Waals surface area (Å²) in [4.78, 5) is 24.8. The predicted molar refractivity (Wildman–Crippen MR) is 78.7 cm³/mol. The molecular weight excluding hydrogens is 272 g/mol. The molecule has 1 aromatic rings. The molecule has 21 heavy (non-hydrogen) atoms. The number of carboxylic acid groups (broad SMARTS) is 1. The molecule has 2 N–H and O–H groups in total. The molecular formula is C15H20N2O4. The largest absolute Gasteiger partial charge is 0.497 e. The van der Waals surface area contributed by atoms with Crippen molar-refractivity contribution >= 4 is 17.7 Å². The predicted octanol–water partition coefficient (Wildman–Crippen LogP) is 2.09. The molecule has 0 radical (unpaired) electrons. The highest BCUT2D eigenvalue weighted by atomic mass is 16.5. The maximum atomic E-state index is 12.2. The third-order valence-corrected chi connectivity index (χ3v) is 3.91. The number of carbonyl (C=O) groups is 2. The Morgan fingerprint density at radius 1 is 1.29 bits per heavy atom. The van der Waals surface area contributed by atoms with Gasteiger partial charge in [0.25, 0.3) is 0 Å². The Bertz CT molecular complexity index is 515. The number of carboxylic acids is 1. The second-order valence-electron chi connectivity index (χ2n) is 5.19. The van der Waals surface area contributed by atoms with Crippen molar-refractivity contribution in [2.24, 2.45) is 5.92 Å². The van der Waals surface area contributed by atoms with E-state index < -0.39 is 11.9 Å². The Labute approximate surface area is 123 Å². The highest BCUT2D eigenvalue weighted by molar-refractivity contribution is 5.92. The Kier molecular flexibility index (Phi) is 4.67. The van der Waals surface area contributed by atoms with E-state index in [0.29, 0.717) is 18.6 Å². The zero-order valence-corrected chi connectivity index (χ0v) is 12.2. The minimum atomic E-state index is -0.843. The number of carbonyl (C=O) groups excluding carboxylic acids is 1. The summed E-state index contributed by atoms with van der Waals surface area (Å²) < 4.78 is 5.07. The van der Waals surface area contributed by atoms with Crippen molar-refractivity contribution in [1.82, 2.24) is 5.32 Å². The van der Waals surface area contributed by atoms with Gasteiger partial charge in [-0.2, -0.15) is 0 Å². The number of amides is 2. The van der Waals surface area contributed by atoms with Gasteiger partial charge in [-0.15, -0.1) is 0 Å². The van der Waals surface area contributed by atoms with E-state index in [-0.39, 0.29) is 12.1 Å². The van der Waals surface area contributed by atoms with Gasteiger partial charge < -0.3 is 15.2 Å². The minimum Gasteiger partial charge on any atom is -0.497 e. The first kappa shape index (κ1) is 15.2. The van der Waals surface area contributed by atoms with Crippen molar-refractivity contribution in [2.75, 3.05) is 19.1 Å². The van der Waals surface area contributed by atoms with Crippen molar-refractivity contribution in [3.8, 4) is 5.75 Å². The van der Waals surface area contributed by atoms with Gasteiger partial charge in [-0.25, -0.2) is 4.79 Å². The molecule has 0 saturated heterocycles. The van der Waals surface area contributed by atoms with E-state index in [9.17, 15) is 9.59 Å². The molecule has 6 nitrogen and oxygen atoms in total. The van der Waals surface area contributed by atoms with E-state index in [0.717, 1.165) is 12.1 Å². The van der Waals surface area contributed by atoms with Crippen LogP contribution in [-0.2, 0) is 4.79 Å². The van der Waals surface area contributed by atoms with E-state index in [1.54, 1.807) is 38.4 Å². The number of aliphatic carboxylic acids is 1. The van der Waals surface area contributed by atoms with Crippen LogP contribution < -0.4 is 15.0 Å². The van der Waals surface area contributed by atoms with E-state index in [2.05, 4.69) is 5.32 Å². The molecule has 114 valence electrons. The van der Waals surface area contributed by atoms with Gasteiger partial charge in [0.2, 0.25) is 0 Å². The SMILES string of the molecule is COc1ccc(N(C)C(=O)NC2CCCC2C(=O)O)cc1. The van der Waals surface area contributed by atoms with Gasteiger partial charge in [0.05, 0.1) is 13.0 Å². The monoisotopic (exact) mass is 292 g/mol. The van der Waals surface area contributed by atoms with Crippen LogP contribution in [0, 0.1) is 5.92 Å². The van der Waals surface area contributed by atoms with Crippen molar-refractivity contribution < 1.29 is 19.4 Å². The molecule has 2 unspecified atom stereocenters. The Morgan fingerprint density at radius 3 is 2.52 bits per heavy atom. The summed E-state index contributed by atoms with van der Waals surface area (Å²) in [5.74, 6) is -0.614. The van der Waals surface area contributed by atoms with Crippen molar-refractivity contribution in [3.05, 3.63) is 24.3 Å². The average Bonchev–Trinajstić information content (AvgIpc) is 2.95. The Balaban J connectivity index is 2.00. The number of anilines is 1. The van der Waals surface area contributed by atoms with E-state index >= 15 is 0 Å². The lowest BCUT2D eigenvalue weighted by Crippen LogP contribution is -2.46. The number of hydrogen-bond donors (Lipinski definition) is 2. The van der Waals surface area contributed by atoms with Crippen LogP contribution in [0.15, 0.2) is 24.3 Å². The first-order valence-corrected chi connectivity index (χ1v) is 6.94. The fraction of sp³-hybridized carbons (Fsp3) is 0.467. The highest BCUT2D eigenvalue weighted by Crippen LogP contribution is 2.26. The molecule has 0 spiro atoms. The maximum Gasteiger partial charge on any atom is 0.321 e. The zero-order chi connectivity index (χ0) is 15.4. The van der Waals surface area contributed by atoms with Crippen LogP contribution in [0.2, 0.25) is 0 Å². The van der Waals surface area contributed by atoms with Crippen molar-refractivity contribution in [3.63, 3.8) is 0 Å². The molecule has 2 amide bonds. The maximum absolute atomic E-state index is 12.2. The molecule has 0 bridgehead atoms. The molecule has 0 aliphatic heterocycles. The summed E-state index contributed by atoms with van der Waals surface area (Å²) in [6, 6.07) is 6.52. The third kappa shape index (κ3) is 3.45. The van der Waals surface area contributed by atoms with Crippen LogP contribution in [0.3, 0.4) is 0 Å². The topological polar surface area (TPSA) is 78.9 Å². The van der Waals surface area contributed by atoms with Gasteiger partial charge in [-0.3, -0.25) is 9.69 Å². The first-order chi connectivity index (χ1) is 10.0. The van der Waals surface area contributed by atoms with E-state index in [1.165, 1.54) is 4.90 Å². The number of rotatable bonds is 4. The number of benzene rings is 1. The molecule has 1 saturated carbocycles. The second-order valence-corrected chi connectivity index (χ2v) is 5.19. The van der Waals surface area contributed by atoms with Gasteiger partial charge in [-0.05, 0) is 37.1 Å². The molecule has 0 aromatic heterocycles. The first-order valence-electron chi connectivity index (χ1n) is 6.94. The van der Waals surface area contributed by atoms with Gasteiger partial charge in [0.1, 0.15) is 5.75 Å². The zero-order valence-electron chi connectivity index (χ0n) is 12.2. The van der Waals surface area contributed by atoms with Crippen LogP contribution in [0.4, 0.5) is 10.5 Å². The van der Waals surface area contributed by atoms with E-state index in [4.69, 9.17) is 9.84 Å². The lowest BCUT2D eigenvalue weighted by atomic mass is 10.0. The van der Waals surface area contributed by atoms with Crippen LogP contribution >= 0.6 is 0 Å². The van der Waals surface area contributed by atoms with Crippen molar-refractivity contribution in [2.45, 2.75) is 25.3 Å². The number of ether oxygens (including phenoxy) is 1. The molecule has 6 heteroatoms. The van der Waals surface area contributed by atoms with Gasteiger partial charge in [0.15, 0.2) is 0 Å². The van der Waals surface area contributed by atoms with Crippen LogP contribution in [0.25, 0.3) is 0 Å². The van der Waals surface area contributed by atoms with Crippen LogP contribution in [0.1, 0.15) is 19.3 Å². The smallest absolute Gasteiger partial charge is 0.321 e. The average molecular weight is 292 g/mol. The molecule has 1 aliphatic carbocycles. The highest BCUT2D eigenvalue weighted by Gasteiger charge is 2.34. The fourth-order valence-corrected chi connectivity index (χ4v) is 2.61. The molecule has 1 aromatic carbocycles. The standard InChI is InChI=1S/C15H20N2O4/c1-17(10-6-8-11(21-2)9-7-10)15(20)16-13-5-3-4-12(13)14(18)19/h6-9,12-13H,3-5H2,1-2H3,(H,16,20)(H,18,19). The normalized spacial score (nSPS) is 20.9. The number of urea groups is 1. The lowest BCUT2D eigenvalue weighted by molar-refractivity contribution is -0.142. The van der Waals surface area contributed by atoms with E-state index in [1.807, 2.05) is 0 Å². The van der Waals surface area contributed by atoms with Crippen LogP contribution in [-0.4, -0.2) is 37.3 Å². The van der Waals surface area contributed by atoms with Crippen molar-refractivity contribution in [1.29, 1.82) is 0 Å². The van der Waals surface area contributed by atoms with Gasteiger partial charge >= 0.3 is 12.0 Å². The number of hydrogen-bond acceptors (Lipinski definition) is 3. The lowest BCUT2D eigenvalue weighted by Gasteiger charge is -2.23.